The molecule has 0 atom stereocenters. The molecule has 0 aliphatic carbocycles. The molecule has 0 unspecified atom stereocenters. The lowest BCUT2D eigenvalue weighted by Crippen LogP contribution is -2.24. The summed E-state index contributed by atoms with van der Waals surface area (Å²) in [6.07, 6.45) is 3.47. The van der Waals surface area contributed by atoms with Crippen molar-refractivity contribution in [1.29, 1.82) is 0 Å². The van der Waals surface area contributed by atoms with Gasteiger partial charge in [-0.2, -0.15) is 0 Å². The highest BCUT2D eigenvalue weighted by molar-refractivity contribution is 5.32. The van der Waals surface area contributed by atoms with Crippen LogP contribution in [0, 0.1) is 0 Å². The molecule has 112 valence electrons. The summed E-state index contributed by atoms with van der Waals surface area (Å²) < 4.78 is 0. The average Bonchev–Trinajstić information content (AvgIpc) is 2.54. The summed E-state index contributed by atoms with van der Waals surface area (Å²) in [6.45, 7) is 8.00. The Morgan fingerprint density at radius 1 is 0.762 bits per heavy atom. The fourth-order valence-electron chi connectivity index (χ4n) is 2.82. The molecular formula is C20H27N. The van der Waals surface area contributed by atoms with Crippen LogP contribution in [0.2, 0.25) is 0 Å². The van der Waals surface area contributed by atoms with E-state index in [0.29, 0.717) is 0 Å². The highest BCUT2D eigenvalue weighted by Gasteiger charge is 2.04. The van der Waals surface area contributed by atoms with Crippen molar-refractivity contribution >= 4 is 0 Å². The van der Waals surface area contributed by atoms with Gasteiger partial charge in [0.05, 0.1) is 0 Å². The van der Waals surface area contributed by atoms with Gasteiger partial charge in [0.2, 0.25) is 0 Å². The lowest BCUT2D eigenvalue weighted by atomic mass is 9.97. The monoisotopic (exact) mass is 281 g/mol. The normalized spacial score (nSPS) is 11.0. The first-order chi connectivity index (χ1) is 10.3. The van der Waals surface area contributed by atoms with Crippen LogP contribution in [0.25, 0.3) is 0 Å². The molecule has 0 spiro atoms. The largest absolute Gasteiger partial charge is 0.304 e. The van der Waals surface area contributed by atoms with E-state index in [9.17, 15) is 0 Å². The molecule has 0 saturated heterocycles. The van der Waals surface area contributed by atoms with Gasteiger partial charge in [-0.1, -0.05) is 68.4 Å². The average molecular weight is 281 g/mol. The van der Waals surface area contributed by atoms with Crippen molar-refractivity contribution in [2.75, 3.05) is 19.6 Å². The summed E-state index contributed by atoms with van der Waals surface area (Å²) in [5.41, 5.74) is 4.38. The summed E-state index contributed by atoms with van der Waals surface area (Å²) in [7, 11) is 0. The Morgan fingerprint density at radius 2 is 1.38 bits per heavy atom. The molecule has 0 amide bonds. The number of benzene rings is 2. The van der Waals surface area contributed by atoms with Crippen molar-refractivity contribution in [1.82, 2.24) is 4.90 Å². The van der Waals surface area contributed by atoms with Crippen LogP contribution in [-0.2, 0) is 12.8 Å². The number of rotatable bonds is 8. The molecule has 21 heavy (non-hydrogen) atoms. The molecule has 1 nitrogen and oxygen atoms in total. The van der Waals surface area contributed by atoms with Crippen molar-refractivity contribution in [3.05, 3.63) is 71.3 Å². The first kappa shape index (κ1) is 15.8. The molecule has 2 aromatic carbocycles. The zero-order valence-corrected chi connectivity index (χ0v) is 13.4. The molecule has 2 rings (SSSR count). The third kappa shape index (κ3) is 5.02. The highest BCUT2D eigenvalue weighted by atomic mass is 15.1. The van der Waals surface area contributed by atoms with E-state index in [1.165, 1.54) is 36.1 Å². The maximum absolute atomic E-state index is 2.50. The molecule has 0 aromatic heterocycles. The van der Waals surface area contributed by atoms with Crippen LogP contribution in [0.3, 0.4) is 0 Å². The van der Waals surface area contributed by atoms with E-state index in [0.717, 1.165) is 19.5 Å². The van der Waals surface area contributed by atoms with Gasteiger partial charge >= 0.3 is 0 Å². The van der Waals surface area contributed by atoms with Crippen molar-refractivity contribution in [3.8, 4) is 0 Å². The summed E-state index contributed by atoms with van der Waals surface area (Å²) in [4.78, 5) is 2.50. The van der Waals surface area contributed by atoms with Gasteiger partial charge in [0.1, 0.15) is 0 Å². The number of aryl methyl sites for hydroxylation is 1. The minimum Gasteiger partial charge on any atom is -0.304 e. The fraction of sp³-hybridized carbons (Fsp3) is 0.400. The molecule has 0 fully saturated rings. The SMILES string of the molecule is CCN(CC)CCCc1ccccc1Cc1ccccc1. The molecule has 0 heterocycles. The molecule has 0 aliphatic heterocycles. The fourth-order valence-corrected chi connectivity index (χ4v) is 2.82. The van der Waals surface area contributed by atoms with E-state index in [2.05, 4.69) is 73.3 Å². The summed E-state index contributed by atoms with van der Waals surface area (Å²) >= 11 is 0. The minimum absolute atomic E-state index is 1.04. The van der Waals surface area contributed by atoms with Crippen molar-refractivity contribution in [2.45, 2.75) is 33.1 Å². The highest BCUT2D eigenvalue weighted by Crippen LogP contribution is 2.16. The second-order valence-corrected chi connectivity index (χ2v) is 5.56. The quantitative estimate of drug-likeness (QED) is 0.686. The van der Waals surface area contributed by atoms with Crippen LogP contribution >= 0.6 is 0 Å². The molecule has 0 radical (unpaired) electrons. The lowest BCUT2D eigenvalue weighted by Gasteiger charge is -2.18. The van der Waals surface area contributed by atoms with Crippen LogP contribution < -0.4 is 0 Å². The first-order valence-electron chi connectivity index (χ1n) is 8.16. The molecule has 0 bridgehead atoms. The molecule has 1 heteroatoms. The number of nitrogens with zero attached hydrogens (tertiary/aromatic N) is 1. The minimum atomic E-state index is 1.04. The standard InChI is InChI=1S/C20H27N/c1-3-21(4-2)16-10-15-19-13-8-9-14-20(19)17-18-11-6-5-7-12-18/h5-9,11-14H,3-4,10,15-17H2,1-2H3. The zero-order chi connectivity index (χ0) is 14.9. The topological polar surface area (TPSA) is 3.24 Å². The molecular weight excluding hydrogens is 254 g/mol. The van der Waals surface area contributed by atoms with E-state index >= 15 is 0 Å². The van der Waals surface area contributed by atoms with Gasteiger partial charge in [-0.3, -0.25) is 0 Å². The van der Waals surface area contributed by atoms with Crippen LogP contribution in [0.4, 0.5) is 0 Å². The Kier molecular flexibility index (Phi) is 6.49. The Labute approximate surface area is 129 Å². The van der Waals surface area contributed by atoms with Crippen molar-refractivity contribution < 1.29 is 0 Å². The van der Waals surface area contributed by atoms with Gasteiger partial charge in [0.25, 0.3) is 0 Å². The Morgan fingerprint density at radius 3 is 2.05 bits per heavy atom. The maximum Gasteiger partial charge on any atom is -0.00158 e. The number of hydrogen-bond donors (Lipinski definition) is 0. The summed E-state index contributed by atoms with van der Waals surface area (Å²) in [6, 6.07) is 19.7. The van der Waals surface area contributed by atoms with Gasteiger partial charge in [-0.25, -0.2) is 0 Å². The van der Waals surface area contributed by atoms with Crippen LogP contribution in [-0.4, -0.2) is 24.5 Å². The predicted molar refractivity (Wildman–Crippen MR) is 91.8 cm³/mol. The predicted octanol–water partition coefficient (Wildman–Crippen LogP) is 4.55. The van der Waals surface area contributed by atoms with E-state index in [4.69, 9.17) is 0 Å². The smallest absolute Gasteiger partial charge is 0.00158 e. The van der Waals surface area contributed by atoms with Gasteiger partial charge in [0, 0.05) is 0 Å². The zero-order valence-electron chi connectivity index (χ0n) is 13.4. The van der Waals surface area contributed by atoms with Gasteiger partial charge in [0.15, 0.2) is 0 Å². The maximum atomic E-state index is 2.50. The lowest BCUT2D eigenvalue weighted by molar-refractivity contribution is 0.300. The van der Waals surface area contributed by atoms with Crippen LogP contribution in [0.15, 0.2) is 54.6 Å². The number of hydrogen-bond acceptors (Lipinski definition) is 1. The van der Waals surface area contributed by atoms with Gasteiger partial charge < -0.3 is 4.90 Å². The summed E-state index contributed by atoms with van der Waals surface area (Å²) in [5.74, 6) is 0. The van der Waals surface area contributed by atoms with E-state index in [1.54, 1.807) is 0 Å². The third-order valence-electron chi connectivity index (χ3n) is 4.17. The van der Waals surface area contributed by atoms with Crippen molar-refractivity contribution in [2.24, 2.45) is 0 Å². The van der Waals surface area contributed by atoms with Gasteiger partial charge in [-0.05, 0) is 55.6 Å². The van der Waals surface area contributed by atoms with Crippen LogP contribution in [0.1, 0.15) is 37.0 Å². The molecule has 0 saturated carbocycles. The second kappa shape index (κ2) is 8.63. The second-order valence-electron chi connectivity index (χ2n) is 5.56. The Bertz CT molecular complexity index is 514. The Hall–Kier alpha value is -1.60. The van der Waals surface area contributed by atoms with Crippen LogP contribution in [0.5, 0.6) is 0 Å². The van der Waals surface area contributed by atoms with Gasteiger partial charge in [-0.15, -0.1) is 0 Å². The third-order valence-corrected chi connectivity index (χ3v) is 4.17. The van der Waals surface area contributed by atoms with E-state index < -0.39 is 0 Å². The summed E-state index contributed by atoms with van der Waals surface area (Å²) in [5, 5.41) is 0. The molecule has 0 N–H and O–H groups in total. The molecule has 2 aromatic rings. The van der Waals surface area contributed by atoms with E-state index in [1.807, 2.05) is 0 Å². The molecule has 0 aliphatic rings. The van der Waals surface area contributed by atoms with Crippen molar-refractivity contribution in [3.63, 3.8) is 0 Å². The van der Waals surface area contributed by atoms with E-state index in [-0.39, 0.29) is 0 Å². The first-order valence-corrected chi connectivity index (χ1v) is 8.16. The Balaban J connectivity index is 1.97.